The zero-order valence-corrected chi connectivity index (χ0v) is 9.21. The van der Waals surface area contributed by atoms with Crippen molar-refractivity contribution in [3.05, 3.63) is 0 Å². The average Bonchev–Trinajstić information content (AvgIpc) is 2.19. The van der Waals surface area contributed by atoms with Crippen molar-refractivity contribution < 1.29 is 9.53 Å². The lowest BCUT2D eigenvalue weighted by Crippen LogP contribution is -2.42. The first-order valence-corrected chi connectivity index (χ1v) is 5.55. The summed E-state index contributed by atoms with van der Waals surface area (Å²) in [6, 6.07) is 0.250. The van der Waals surface area contributed by atoms with Gasteiger partial charge in [-0.3, -0.25) is 4.79 Å². The van der Waals surface area contributed by atoms with Gasteiger partial charge in [-0.05, 0) is 5.92 Å². The molecule has 3 heteroatoms. The van der Waals surface area contributed by atoms with E-state index in [1.807, 2.05) is 0 Å². The van der Waals surface area contributed by atoms with Crippen LogP contribution in [-0.2, 0) is 9.53 Å². The van der Waals surface area contributed by atoms with Crippen LogP contribution >= 0.6 is 0 Å². The Morgan fingerprint density at radius 3 is 3.00 bits per heavy atom. The highest BCUT2D eigenvalue weighted by Gasteiger charge is 2.17. The van der Waals surface area contributed by atoms with Gasteiger partial charge in [0.1, 0.15) is 5.78 Å². The Labute approximate surface area is 86.2 Å². The number of morpholine rings is 1. The minimum Gasteiger partial charge on any atom is -0.379 e. The molecule has 14 heavy (non-hydrogen) atoms. The summed E-state index contributed by atoms with van der Waals surface area (Å²) in [7, 11) is 0. The third kappa shape index (κ3) is 4.20. The van der Waals surface area contributed by atoms with Crippen molar-refractivity contribution in [1.82, 2.24) is 5.32 Å². The van der Waals surface area contributed by atoms with E-state index in [-0.39, 0.29) is 6.04 Å². The van der Waals surface area contributed by atoms with E-state index in [9.17, 15) is 4.79 Å². The molecule has 1 heterocycles. The fourth-order valence-electron chi connectivity index (χ4n) is 1.64. The zero-order chi connectivity index (χ0) is 10.4. The number of hydrogen-bond donors (Lipinski definition) is 1. The van der Waals surface area contributed by atoms with Crippen molar-refractivity contribution in [2.75, 3.05) is 19.8 Å². The molecule has 2 atom stereocenters. The number of nitrogens with one attached hydrogen (secondary N) is 1. The van der Waals surface area contributed by atoms with Gasteiger partial charge in [0.15, 0.2) is 0 Å². The van der Waals surface area contributed by atoms with Crippen molar-refractivity contribution >= 4 is 5.78 Å². The van der Waals surface area contributed by atoms with Crippen molar-refractivity contribution in [1.29, 1.82) is 0 Å². The summed E-state index contributed by atoms with van der Waals surface area (Å²) in [5, 5.41) is 3.30. The van der Waals surface area contributed by atoms with Gasteiger partial charge in [0.05, 0.1) is 13.2 Å². The summed E-state index contributed by atoms with van der Waals surface area (Å²) in [6.07, 6.45) is 2.43. The van der Waals surface area contributed by atoms with Gasteiger partial charge in [-0.2, -0.15) is 0 Å². The maximum Gasteiger partial charge on any atom is 0.134 e. The smallest absolute Gasteiger partial charge is 0.134 e. The number of ether oxygens (including phenoxy) is 1. The van der Waals surface area contributed by atoms with E-state index in [1.54, 1.807) is 0 Å². The summed E-state index contributed by atoms with van der Waals surface area (Å²) in [5.74, 6) is 0.884. The van der Waals surface area contributed by atoms with Crippen LogP contribution in [0.25, 0.3) is 0 Å². The SMILES string of the molecule is CCC(C)CC(=O)CC1COCCN1. The lowest BCUT2D eigenvalue weighted by molar-refractivity contribution is -0.121. The maximum atomic E-state index is 11.6. The monoisotopic (exact) mass is 199 g/mol. The number of rotatable bonds is 5. The number of Topliss-reactive ketones (excluding diaryl/α,β-unsaturated/α-hetero) is 1. The molecule has 0 aromatic carbocycles. The molecule has 0 spiro atoms. The summed E-state index contributed by atoms with van der Waals surface area (Å²) >= 11 is 0. The van der Waals surface area contributed by atoms with Gasteiger partial charge in [0.2, 0.25) is 0 Å². The van der Waals surface area contributed by atoms with Gasteiger partial charge < -0.3 is 10.1 Å². The van der Waals surface area contributed by atoms with E-state index in [4.69, 9.17) is 4.74 Å². The first-order chi connectivity index (χ1) is 6.72. The van der Waals surface area contributed by atoms with E-state index >= 15 is 0 Å². The largest absolute Gasteiger partial charge is 0.379 e. The van der Waals surface area contributed by atoms with Gasteiger partial charge in [-0.15, -0.1) is 0 Å². The van der Waals surface area contributed by atoms with Crippen LogP contribution in [0.1, 0.15) is 33.1 Å². The molecule has 1 N–H and O–H groups in total. The molecular formula is C11H21NO2. The highest BCUT2D eigenvalue weighted by atomic mass is 16.5. The van der Waals surface area contributed by atoms with Crippen LogP contribution < -0.4 is 5.32 Å². The number of hydrogen-bond acceptors (Lipinski definition) is 3. The van der Waals surface area contributed by atoms with Gasteiger partial charge in [0, 0.05) is 25.4 Å². The first kappa shape index (κ1) is 11.7. The third-order valence-electron chi connectivity index (χ3n) is 2.75. The van der Waals surface area contributed by atoms with E-state index in [2.05, 4.69) is 19.2 Å². The molecule has 2 unspecified atom stereocenters. The average molecular weight is 199 g/mol. The summed E-state index contributed by atoms with van der Waals surface area (Å²) in [5.41, 5.74) is 0. The van der Waals surface area contributed by atoms with Crippen LogP contribution in [0.15, 0.2) is 0 Å². The Kier molecular flexibility index (Phi) is 5.12. The van der Waals surface area contributed by atoms with Gasteiger partial charge in [-0.1, -0.05) is 20.3 Å². The van der Waals surface area contributed by atoms with Crippen molar-refractivity contribution in [2.45, 2.75) is 39.2 Å². The highest BCUT2D eigenvalue weighted by molar-refractivity contribution is 5.79. The van der Waals surface area contributed by atoms with E-state index in [0.717, 1.165) is 19.6 Å². The van der Waals surface area contributed by atoms with Crippen LogP contribution in [0, 0.1) is 5.92 Å². The molecule has 0 bridgehead atoms. The molecular weight excluding hydrogens is 178 g/mol. The molecule has 0 amide bonds. The molecule has 1 rings (SSSR count). The molecule has 3 nitrogen and oxygen atoms in total. The highest BCUT2D eigenvalue weighted by Crippen LogP contribution is 2.10. The van der Waals surface area contributed by atoms with Crippen molar-refractivity contribution in [3.63, 3.8) is 0 Å². The predicted molar refractivity (Wildman–Crippen MR) is 56.3 cm³/mol. The molecule has 0 radical (unpaired) electrons. The fourth-order valence-corrected chi connectivity index (χ4v) is 1.64. The number of carbonyl (C=O) groups is 1. The minimum absolute atomic E-state index is 0.250. The molecule has 0 aliphatic carbocycles. The lowest BCUT2D eigenvalue weighted by atomic mass is 9.98. The normalized spacial score (nSPS) is 24.6. The van der Waals surface area contributed by atoms with Crippen LogP contribution in [0.2, 0.25) is 0 Å². The second-order valence-corrected chi connectivity index (χ2v) is 4.19. The number of carbonyl (C=O) groups excluding carboxylic acids is 1. The summed E-state index contributed by atoms with van der Waals surface area (Å²) < 4.78 is 5.30. The Morgan fingerprint density at radius 1 is 1.64 bits per heavy atom. The fraction of sp³-hybridized carbons (Fsp3) is 0.909. The Hall–Kier alpha value is -0.410. The lowest BCUT2D eigenvalue weighted by Gasteiger charge is -2.23. The van der Waals surface area contributed by atoms with Crippen molar-refractivity contribution in [2.24, 2.45) is 5.92 Å². The Bertz CT molecular complexity index is 176. The molecule has 1 aliphatic heterocycles. The number of ketones is 1. The van der Waals surface area contributed by atoms with Crippen LogP contribution in [0.4, 0.5) is 0 Å². The summed E-state index contributed by atoms with van der Waals surface area (Å²) in [4.78, 5) is 11.6. The topological polar surface area (TPSA) is 38.3 Å². The zero-order valence-electron chi connectivity index (χ0n) is 9.21. The quantitative estimate of drug-likeness (QED) is 0.726. The van der Waals surface area contributed by atoms with Crippen molar-refractivity contribution in [3.8, 4) is 0 Å². The van der Waals surface area contributed by atoms with Gasteiger partial charge in [0.25, 0.3) is 0 Å². The molecule has 0 aromatic heterocycles. The van der Waals surface area contributed by atoms with Gasteiger partial charge >= 0.3 is 0 Å². The first-order valence-electron chi connectivity index (χ1n) is 5.55. The van der Waals surface area contributed by atoms with Gasteiger partial charge in [-0.25, -0.2) is 0 Å². The standard InChI is InChI=1S/C11H21NO2/c1-3-9(2)6-11(13)7-10-8-14-5-4-12-10/h9-10,12H,3-8H2,1-2H3. The van der Waals surface area contributed by atoms with Crippen LogP contribution in [-0.4, -0.2) is 31.6 Å². The van der Waals surface area contributed by atoms with E-state index < -0.39 is 0 Å². The van der Waals surface area contributed by atoms with Crippen LogP contribution in [0.3, 0.4) is 0 Å². The van der Waals surface area contributed by atoms with E-state index in [0.29, 0.717) is 31.1 Å². The molecule has 1 fully saturated rings. The Balaban J connectivity index is 2.18. The minimum atomic E-state index is 0.250. The van der Waals surface area contributed by atoms with E-state index in [1.165, 1.54) is 0 Å². The summed E-state index contributed by atoms with van der Waals surface area (Å²) in [6.45, 7) is 6.59. The molecule has 82 valence electrons. The third-order valence-corrected chi connectivity index (χ3v) is 2.75. The molecule has 0 saturated carbocycles. The predicted octanol–water partition coefficient (Wildman–Crippen LogP) is 1.37. The second kappa shape index (κ2) is 6.14. The van der Waals surface area contributed by atoms with Crippen LogP contribution in [0.5, 0.6) is 0 Å². The molecule has 1 aliphatic rings. The molecule has 1 saturated heterocycles. The second-order valence-electron chi connectivity index (χ2n) is 4.19. The maximum absolute atomic E-state index is 11.6. The molecule has 0 aromatic rings. The Morgan fingerprint density at radius 2 is 2.43 bits per heavy atom.